The Morgan fingerprint density at radius 2 is 1.78 bits per heavy atom. The zero-order valence-corrected chi connectivity index (χ0v) is 12.9. The second-order valence-electron chi connectivity index (χ2n) is 7.63. The van der Waals surface area contributed by atoms with Gasteiger partial charge in [0.15, 0.2) is 0 Å². The van der Waals surface area contributed by atoms with Crippen LogP contribution in [0.15, 0.2) is 0 Å². The first-order valence-corrected chi connectivity index (χ1v) is 7.75. The minimum Gasteiger partial charge on any atom is -0.366 e. The molecule has 0 aromatic heterocycles. The maximum atomic E-state index is 6.74. The van der Waals surface area contributed by atoms with Crippen LogP contribution in [-0.4, -0.2) is 24.3 Å². The van der Waals surface area contributed by atoms with Crippen molar-refractivity contribution in [2.24, 2.45) is 11.3 Å². The maximum absolute atomic E-state index is 6.74. The van der Waals surface area contributed by atoms with Crippen LogP contribution in [0.2, 0.25) is 0 Å². The Hall–Kier alpha value is -0.0800. The first kappa shape index (κ1) is 14.3. The summed E-state index contributed by atoms with van der Waals surface area (Å²) < 4.78 is 6.74. The molecule has 0 aromatic rings. The van der Waals surface area contributed by atoms with E-state index in [2.05, 4.69) is 39.9 Å². The topological polar surface area (TPSA) is 21.3 Å². The summed E-state index contributed by atoms with van der Waals surface area (Å²) in [7, 11) is 0. The molecule has 0 bridgehead atoms. The second kappa shape index (κ2) is 4.79. The minimum atomic E-state index is 0.0748. The summed E-state index contributed by atoms with van der Waals surface area (Å²) in [4.78, 5) is 0. The third kappa shape index (κ3) is 2.75. The van der Waals surface area contributed by atoms with E-state index in [4.69, 9.17) is 4.74 Å². The molecular weight excluding hydrogens is 222 g/mol. The van der Waals surface area contributed by atoms with Crippen molar-refractivity contribution in [2.45, 2.75) is 77.9 Å². The Bertz CT molecular complexity index is 295. The highest BCUT2D eigenvalue weighted by Gasteiger charge is 2.49. The minimum absolute atomic E-state index is 0.0748. The van der Waals surface area contributed by atoms with Crippen LogP contribution in [0.5, 0.6) is 0 Å². The summed E-state index contributed by atoms with van der Waals surface area (Å²) in [5.41, 5.74) is 0.584. The van der Waals surface area contributed by atoms with Crippen LogP contribution >= 0.6 is 0 Å². The quantitative estimate of drug-likeness (QED) is 0.809. The normalized spacial score (nSPS) is 38.8. The molecule has 2 nitrogen and oxygen atoms in total. The van der Waals surface area contributed by atoms with Gasteiger partial charge in [0, 0.05) is 13.1 Å². The molecule has 1 spiro atoms. The molecule has 1 heterocycles. The molecular formula is C16H31NO. The summed E-state index contributed by atoms with van der Waals surface area (Å²) in [6.07, 6.45) is 6.01. The largest absolute Gasteiger partial charge is 0.366 e. The summed E-state index contributed by atoms with van der Waals surface area (Å²) >= 11 is 0. The van der Waals surface area contributed by atoms with E-state index < -0.39 is 0 Å². The monoisotopic (exact) mass is 253 g/mol. The van der Waals surface area contributed by atoms with E-state index in [1.54, 1.807) is 0 Å². The Labute approximate surface area is 113 Å². The number of rotatable bonds is 2. The van der Waals surface area contributed by atoms with Crippen LogP contribution in [0.1, 0.15) is 66.7 Å². The van der Waals surface area contributed by atoms with Gasteiger partial charge in [-0.15, -0.1) is 0 Å². The molecule has 0 radical (unpaired) electrons. The zero-order chi connectivity index (χ0) is 13.4. The van der Waals surface area contributed by atoms with E-state index in [1.807, 2.05) is 0 Å². The predicted molar refractivity (Wildman–Crippen MR) is 76.8 cm³/mol. The van der Waals surface area contributed by atoms with Gasteiger partial charge in [0.1, 0.15) is 0 Å². The lowest BCUT2D eigenvalue weighted by Crippen LogP contribution is -2.62. The third-order valence-electron chi connectivity index (χ3n) is 5.04. The predicted octanol–water partition coefficient (Wildman–Crippen LogP) is 3.75. The standard InChI is InChI=1S/C16H31NO/c1-6-15(7-2)11-17-12-16(18-15)9-13(3)8-14(4,5)10-16/h13,17H,6-12H2,1-5H3. The highest BCUT2D eigenvalue weighted by Crippen LogP contribution is 2.48. The number of hydrogen-bond acceptors (Lipinski definition) is 2. The molecule has 1 N–H and O–H groups in total. The molecule has 106 valence electrons. The lowest BCUT2D eigenvalue weighted by atomic mass is 9.65. The van der Waals surface area contributed by atoms with Gasteiger partial charge in [-0.25, -0.2) is 0 Å². The second-order valence-corrected chi connectivity index (χ2v) is 7.63. The fourth-order valence-electron chi connectivity index (χ4n) is 4.57. The van der Waals surface area contributed by atoms with Crippen LogP contribution in [-0.2, 0) is 4.74 Å². The van der Waals surface area contributed by atoms with E-state index in [-0.39, 0.29) is 11.2 Å². The lowest BCUT2D eigenvalue weighted by molar-refractivity contribution is -0.213. The van der Waals surface area contributed by atoms with Crippen molar-refractivity contribution in [3.63, 3.8) is 0 Å². The molecule has 1 saturated carbocycles. The van der Waals surface area contributed by atoms with E-state index in [0.29, 0.717) is 5.41 Å². The first-order chi connectivity index (χ1) is 8.34. The average Bonchev–Trinajstić information content (AvgIpc) is 2.25. The number of nitrogens with one attached hydrogen (secondary N) is 1. The van der Waals surface area contributed by atoms with Crippen LogP contribution in [0.4, 0.5) is 0 Å². The maximum Gasteiger partial charge on any atom is 0.0822 e. The number of morpholine rings is 1. The molecule has 2 aliphatic rings. The summed E-state index contributed by atoms with van der Waals surface area (Å²) in [6.45, 7) is 13.8. The summed E-state index contributed by atoms with van der Waals surface area (Å²) in [5, 5.41) is 3.67. The molecule has 1 saturated heterocycles. The summed E-state index contributed by atoms with van der Waals surface area (Å²) in [6, 6.07) is 0. The Morgan fingerprint density at radius 1 is 1.11 bits per heavy atom. The van der Waals surface area contributed by atoms with Gasteiger partial charge in [0.05, 0.1) is 11.2 Å². The Morgan fingerprint density at radius 3 is 2.33 bits per heavy atom. The molecule has 2 fully saturated rings. The highest BCUT2D eigenvalue weighted by atomic mass is 16.5. The van der Waals surface area contributed by atoms with Crippen LogP contribution in [0, 0.1) is 11.3 Å². The molecule has 1 aliphatic heterocycles. The van der Waals surface area contributed by atoms with Gasteiger partial charge >= 0.3 is 0 Å². The SMILES string of the molecule is CCC1(CC)CNCC2(CC(C)CC(C)(C)C2)O1. The van der Waals surface area contributed by atoms with Gasteiger partial charge in [-0.3, -0.25) is 0 Å². The fraction of sp³-hybridized carbons (Fsp3) is 1.00. The van der Waals surface area contributed by atoms with Gasteiger partial charge in [-0.05, 0) is 43.4 Å². The fourth-order valence-corrected chi connectivity index (χ4v) is 4.57. The van der Waals surface area contributed by atoms with Crippen molar-refractivity contribution in [1.82, 2.24) is 5.32 Å². The molecule has 2 unspecified atom stereocenters. The molecule has 0 aromatic carbocycles. The average molecular weight is 253 g/mol. The van der Waals surface area contributed by atoms with E-state index in [0.717, 1.165) is 31.8 Å². The lowest BCUT2D eigenvalue weighted by Gasteiger charge is -2.55. The van der Waals surface area contributed by atoms with Crippen molar-refractivity contribution in [1.29, 1.82) is 0 Å². The Kier molecular flexibility index (Phi) is 3.81. The molecule has 2 rings (SSSR count). The molecule has 18 heavy (non-hydrogen) atoms. The van der Waals surface area contributed by atoms with Crippen molar-refractivity contribution in [3.05, 3.63) is 0 Å². The molecule has 1 aliphatic carbocycles. The van der Waals surface area contributed by atoms with Gasteiger partial charge < -0.3 is 10.1 Å². The molecule has 2 heteroatoms. The third-order valence-corrected chi connectivity index (χ3v) is 5.04. The summed E-state index contributed by atoms with van der Waals surface area (Å²) in [5.74, 6) is 0.778. The number of hydrogen-bond donors (Lipinski definition) is 1. The van der Waals surface area contributed by atoms with E-state index in [1.165, 1.54) is 19.3 Å². The van der Waals surface area contributed by atoms with Crippen molar-refractivity contribution >= 4 is 0 Å². The van der Waals surface area contributed by atoms with Crippen molar-refractivity contribution in [2.75, 3.05) is 13.1 Å². The highest BCUT2D eigenvalue weighted by molar-refractivity contribution is 5.02. The van der Waals surface area contributed by atoms with Crippen LogP contribution in [0.3, 0.4) is 0 Å². The van der Waals surface area contributed by atoms with E-state index >= 15 is 0 Å². The van der Waals surface area contributed by atoms with Crippen molar-refractivity contribution in [3.8, 4) is 0 Å². The van der Waals surface area contributed by atoms with Crippen LogP contribution in [0.25, 0.3) is 0 Å². The van der Waals surface area contributed by atoms with Gasteiger partial charge in [-0.2, -0.15) is 0 Å². The van der Waals surface area contributed by atoms with Gasteiger partial charge in [-0.1, -0.05) is 34.6 Å². The molecule has 2 atom stereocenters. The van der Waals surface area contributed by atoms with E-state index in [9.17, 15) is 0 Å². The molecule has 0 amide bonds. The Balaban J connectivity index is 2.19. The van der Waals surface area contributed by atoms with Crippen LogP contribution < -0.4 is 5.32 Å². The first-order valence-electron chi connectivity index (χ1n) is 7.75. The smallest absolute Gasteiger partial charge is 0.0822 e. The number of ether oxygens (including phenoxy) is 1. The van der Waals surface area contributed by atoms with Gasteiger partial charge in [0.2, 0.25) is 0 Å². The zero-order valence-electron chi connectivity index (χ0n) is 12.9. The van der Waals surface area contributed by atoms with Crippen molar-refractivity contribution < 1.29 is 4.74 Å². The van der Waals surface area contributed by atoms with Gasteiger partial charge in [0.25, 0.3) is 0 Å².